The molecule has 0 saturated heterocycles. The standard InChI is InChI=1S/C21H17N3O2/c1-3-14-12-20(24(2)23-14)22-21(25)26-13-19-17-10-6-4-8-15(17)16-9-5-7-11-18(16)19/h1,4-12,19H,13H2,2H3,(H,22,25). The van der Waals surface area contributed by atoms with Crippen LogP contribution in [0.4, 0.5) is 10.6 Å². The predicted molar refractivity (Wildman–Crippen MR) is 99.8 cm³/mol. The molecule has 4 rings (SSSR count). The summed E-state index contributed by atoms with van der Waals surface area (Å²) in [6.45, 7) is 0.264. The van der Waals surface area contributed by atoms with Gasteiger partial charge in [-0.3, -0.25) is 10.00 Å². The first-order valence-electron chi connectivity index (χ1n) is 8.30. The van der Waals surface area contributed by atoms with E-state index in [1.165, 1.54) is 26.9 Å². The third-order valence-electron chi connectivity index (χ3n) is 4.60. The van der Waals surface area contributed by atoms with Gasteiger partial charge in [-0.2, -0.15) is 5.10 Å². The van der Waals surface area contributed by atoms with Crippen LogP contribution in [0.5, 0.6) is 0 Å². The highest BCUT2D eigenvalue weighted by Gasteiger charge is 2.29. The first-order chi connectivity index (χ1) is 12.7. The zero-order valence-corrected chi connectivity index (χ0v) is 14.3. The summed E-state index contributed by atoms with van der Waals surface area (Å²) in [7, 11) is 1.71. The van der Waals surface area contributed by atoms with E-state index < -0.39 is 6.09 Å². The highest BCUT2D eigenvalue weighted by Crippen LogP contribution is 2.44. The molecule has 0 fully saturated rings. The molecule has 1 aromatic heterocycles. The van der Waals surface area contributed by atoms with Crippen LogP contribution in [0.1, 0.15) is 22.7 Å². The van der Waals surface area contributed by atoms with Gasteiger partial charge in [-0.05, 0) is 28.2 Å². The van der Waals surface area contributed by atoms with Crippen LogP contribution < -0.4 is 5.32 Å². The summed E-state index contributed by atoms with van der Waals surface area (Å²) in [4.78, 5) is 12.2. The van der Waals surface area contributed by atoms with Crippen molar-refractivity contribution in [2.45, 2.75) is 5.92 Å². The Morgan fingerprint density at radius 3 is 2.38 bits per heavy atom. The van der Waals surface area contributed by atoms with E-state index in [-0.39, 0.29) is 12.5 Å². The van der Waals surface area contributed by atoms with Crippen LogP contribution in [0, 0.1) is 12.3 Å². The Morgan fingerprint density at radius 1 is 1.19 bits per heavy atom. The van der Waals surface area contributed by atoms with Gasteiger partial charge in [0.25, 0.3) is 0 Å². The molecule has 1 aliphatic carbocycles. The maximum Gasteiger partial charge on any atom is 0.412 e. The molecule has 26 heavy (non-hydrogen) atoms. The Kier molecular flexibility index (Phi) is 3.94. The molecule has 0 atom stereocenters. The summed E-state index contributed by atoms with van der Waals surface area (Å²) in [6, 6.07) is 18.1. The molecule has 0 saturated carbocycles. The maximum atomic E-state index is 12.2. The monoisotopic (exact) mass is 343 g/mol. The van der Waals surface area contributed by atoms with E-state index in [2.05, 4.69) is 40.6 Å². The molecule has 128 valence electrons. The Hall–Kier alpha value is -3.52. The third kappa shape index (κ3) is 2.72. The van der Waals surface area contributed by atoms with Crippen molar-refractivity contribution in [3.63, 3.8) is 0 Å². The van der Waals surface area contributed by atoms with Gasteiger partial charge < -0.3 is 4.74 Å². The quantitative estimate of drug-likeness (QED) is 0.737. The van der Waals surface area contributed by atoms with Gasteiger partial charge in [0.2, 0.25) is 0 Å². The van der Waals surface area contributed by atoms with Gasteiger partial charge in [-0.25, -0.2) is 4.79 Å². The second kappa shape index (κ2) is 6.41. The SMILES string of the molecule is C#Cc1cc(NC(=O)OCC2c3ccccc3-c3ccccc32)n(C)n1. The lowest BCUT2D eigenvalue weighted by molar-refractivity contribution is 0.158. The predicted octanol–water partition coefficient (Wildman–Crippen LogP) is 3.76. The van der Waals surface area contributed by atoms with Crippen molar-refractivity contribution in [3.05, 3.63) is 71.4 Å². The number of nitrogens with zero attached hydrogens (tertiary/aromatic N) is 2. The summed E-state index contributed by atoms with van der Waals surface area (Å²) in [6.07, 6.45) is 4.80. The zero-order valence-electron chi connectivity index (χ0n) is 14.3. The molecule has 0 unspecified atom stereocenters. The summed E-state index contributed by atoms with van der Waals surface area (Å²) in [5.74, 6) is 2.96. The Morgan fingerprint density at radius 2 is 1.81 bits per heavy atom. The molecular weight excluding hydrogens is 326 g/mol. The van der Waals surface area contributed by atoms with Crippen LogP contribution in [0.25, 0.3) is 11.1 Å². The lowest BCUT2D eigenvalue weighted by atomic mass is 9.98. The number of hydrogen-bond donors (Lipinski definition) is 1. The van der Waals surface area contributed by atoms with Crippen LogP contribution in [-0.2, 0) is 11.8 Å². The van der Waals surface area contributed by atoms with Crippen molar-refractivity contribution < 1.29 is 9.53 Å². The molecular formula is C21H17N3O2. The van der Waals surface area contributed by atoms with E-state index >= 15 is 0 Å². The second-order valence-corrected chi connectivity index (χ2v) is 6.13. The number of aromatic nitrogens is 2. The lowest BCUT2D eigenvalue weighted by Crippen LogP contribution is -2.19. The van der Waals surface area contributed by atoms with Crippen LogP contribution in [0.2, 0.25) is 0 Å². The van der Waals surface area contributed by atoms with Crippen molar-refractivity contribution in [2.75, 3.05) is 11.9 Å². The smallest absolute Gasteiger partial charge is 0.412 e. The third-order valence-corrected chi connectivity index (χ3v) is 4.60. The van der Waals surface area contributed by atoms with Crippen molar-refractivity contribution >= 4 is 11.9 Å². The molecule has 3 aromatic rings. The summed E-state index contributed by atoms with van der Waals surface area (Å²) in [5, 5.41) is 6.77. The fraction of sp³-hybridized carbons (Fsp3) is 0.143. The van der Waals surface area contributed by atoms with Gasteiger partial charge in [0.05, 0.1) is 0 Å². The number of aryl methyl sites for hydroxylation is 1. The minimum Gasteiger partial charge on any atom is -0.448 e. The Labute approximate surface area is 151 Å². The van der Waals surface area contributed by atoms with Crippen LogP contribution >= 0.6 is 0 Å². The number of fused-ring (bicyclic) bond motifs is 3. The van der Waals surface area contributed by atoms with Crippen LogP contribution in [0.3, 0.4) is 0 Å². The number of hydrogen-bond acceptors (Lipinski definition) is 3. The maximum absolute atomic E-state index is 12.2. The number of rotatable bonds is 3. The molecule has 1 aliphatic rings. The zero-order chi connectivity index (χ0) is 18.1. The van der Waals surface area contributed by atoms with Gasteiger partial charge in [-0.1, -0.05) is 48.5 Å². The molecule has 1 heterocycles. The van der Waals surface area contributed by atoms with Gasteiger partial charge in [0.15, 0.2) is 0 Å². The van der Waals surface area contributed by atoms with Crippen LogP contribution in [-0.4, -0.2) is 22.5 Å². The topological polar surface area (TPSA) is 56.1 Å². The summed E-state index contributed by atoms with van der Waals surface area (Å²) < 4.78 is 7.01. The summed E-state index contributed by atoms with van der Waals surface area (Å²) in [5.41, 5.74) is 5.21. The van der Waals surface area contributed by atoms with Crippen molar-refractivity contribution in [1.82, 2.24) is 9.78 Å². The van der Waals surface area contributed by atoms with Gasteiger partial charge in [0.1, 0.15) is 18.1 Å². The van der Waals surface area contributed by atoms with Crippen molar-refractivity contribution in [2.24, 2.45) is 7.05 Å². The molecule has 1 amide bonds. The fourth-order valence-corrected chi connectivity index (χ4v) is 3.39. The molecule has 0 radical (unpaired) electrons. The van der Waals surface area contributed by atoms with Gasteiger partial charge in [0, 0.05) is 19.0 Å². The van der Waals surface area contributed by atoms with E-state index in [0.29, 0.717) is 11.5 Å². The molecule has 0 bridgehead atoms. The van der Waals surface area contributed by atoms with Crippen molar-refractivity contribution in [3.8, 4) is 23.5 Å². The first kappa shape index (κ1) is 16.0. The molecule has 0 spiro atoms. The minimum atomic E-state index is -0.529. The molecule has 0 aliphatic heterocycles. The lowest BCUT2D eigenvalue weighted by Gasteiger charge is -2.14. The summed E-state index contributed by atoms with van der Waals surface area (Å²) >= 11 is 0. The van der Waals surface area contributed by atoms with Crippen LogP contribution in [0.15, 0.2) is 54.6 Å². The number of carbonyl (C=O) groups excluding carboxylic acids is 1. The number of anilines is 1. The van der Waals surface area contributed by atoms with E-state index in [9.17, 15) is 4.79 Å². The highest BCUT2D eigenvalue weighted by atomic mass is 16.5. The molecule has 5 heteroatoms. The first-order valence-corrected chi connectivity index (χ1v) is 8.30. The number of nitrogens with one attached hydrogen (secondary N) is 1. The molecule has 5 nitrogen and oxygen atoms in total. The van der Waals surface area contributed by atoms with E-state index in [1.54, 1.807) is 13.1 Å². The number of terminal acetylenes is 1. The Balaban J connectivity index is 1.50. The largest absolute Gasteiger partial charge is 0.448 e. The van der Waals surface area contributed by atoms with Gasteiger partial charge in [-0.15, -0.1) is 6.42 Å². The number of benzene rings is 2. The number of amides is 1. The van der Waals surface area contributed by atoms with E-state index in [4.69, 9.17) is 11.2 Å². The average molecular weight is 343 g/mol. The molecule has 1 N–H and O–H groups in total. The van der Waals surface area contributed by atoms with Crippen molar-refractivity contribution in [1.29, 1.82) is 0 Å². The Bertz CT molecular complexity index is 984. The highest BCUT2D eigenvalue weighted by molar-refractivity contribution is 5.84. The number of carbonyl (C=O) groups is 1. The normalized spacial score (nSPS) is 12.2. The van der Waals surface area contributed by atoms with E-state index in [0.717, 1.165) is 0 Å². The fourth-order valence-electron chi connectivity index (χ4n) is 3.39. The van der Waals surface area contributed by atoms with E-state index in [1.807, 2.05) is 24.3 Å². The van der Waals surface area contributed by atoms with Gasteiger partial charge >= 0.3 is 6.09 Å². The minimum absolute atomic E-state index is 0.0287. The second-order valence-electron chi connectivity index (χ2n) is 6.13. The number of ether oxygens (including phenoxy) is 1. The average Bonchev–Trinajstić information content (AvgIpc) is 3.18. The molecule has 2 aromatic carbocycles.